The molecule has 3 aromatic rings. The Morgan fingerprint density at radius 1 is 0.935 bits per heavy atom. The van der Waals surface area contributed by atoms with Crippen LogP contribution in [0.25, 0.3) is 11.0 Å². The number of fused-ring (bicyclic) bond motifs is 1. The maximum atomic E-state index is 12.9. The minimum atomic E-state index is 0.114. The molecule has 2 aromatic carbocycles. The highest BCUT2D eigenvalue weighted by Gasteiger charge is 2.30. The number of nitrogens with zero attached hydrogens (tertiary/aromatic N) is 6. The molecule has 0 aliphatic carbocycles. The Hall–Kier alpha value is -2.93. The number of carbonyl (C=O) groups excluding carboxylic acids is 1. The van der Waals surface area contributed by atoms with Crippen molar-refractivity contribution in [3.05, 3.63) is 54.1 Å². The maximum absolute atomic E-state index is 12.9. The lowest BCUT2D eigenvalue weighted by Gasteiger charge is -2.44. The van der Waals surface area contributed by atoms with E-state index in [9.17, 15) is 4.79 Å². The lowest BCUT2D eigenvalue weighted by molar-refractivity contribution is -0.134. The van der Waals surface area contributed by atoms with Crippen molar-refractivity contribution in [3.8, 4) is 0 Å². The van der Waals surface area contributed by atoms with Gasteiger partial charge in [-0.05, 0) is 43.5 Å². The van der Waals surface area contributed by atoms with Crippen molar-refractivity contribution in [2.75, 3.05) is 44.2 Å². The van der Waals surface area contributed by atoms with Gasteiger partial charge < -0.3 is 9.80 Å². The van der Waals surface area contributed by atoms with Gasteiger partial charge in [-0.15, -0.1) is 0 Å². The van der Waals surface area contributed by atoms with E-state index in [0.717, 1.165) is 63.1 Å². The molecular weight excluding hydrogens is 388 g/mol. The summed E-state index contributed by atoms with van der Waals surface area (Å²) in [6.45, 7) is 8.22. The number of piperidine rings is 1. The van der Waals surface area contributed by atoms with E-state index in [1.807, 2.05) is 29.2 Å². The van der Waals surface area contributed by atoms with E-state index < -0.39 is 0 Å². The van der Waals surface area contributed by atoms with Crippen LogP contribution < -0.4 is 4.90 Å². The quantitative estimate of drug-likeness (QED) is 0.652. The second kappa shape index (κ2) is 8.67. The third-order valence-electron chi connectivity index (χ3n) is 6.64. The second-order valence-electron chi connectivity index (χ2n) is 8.66. The molecule has 2 aliphatic heterocycles. The predicted molar refractivity (Wildman–Crippen MR) is 122 cm³/mol. The normalized spacial score (nSPS) is 20.4. The molecule has 31 heavy (non-hydrogen) atoms. The molecule has 0 radical (unpaired) electrons. The number of para-hydroxylation sites is 1. The molecule has 1 atom stereocenters. The Bertz CT molecular complexity index is 1020. The molecule has 7 heteroatoms. The van der Waals surface area contributed by atoms with Crippen LogP contribution in [0.1, 0.15) is 18.4 Å². The van der Waals surface area contributed by atoms with Crippen LogP contribution >= 0.6 is 0 Å². The third-order valence-corrected chi connectivity index (χ3v) is 6.64. The van der Waals surface area contributed by atoms with Crippen LogP contribution in [0.2, 0.25) is 0 Å². The summed E-state index contributed by atoms with van der Waals surface area (Å²) >= 11 is 0. The van der Waals surface area contributed by atoms with E-state index in [2.05, 4.69) is 51.2 Å². The van der Waals surface area contributed by atoms with Gasteiger partial charge in [0.15, 0.2) is 0 Å². The Morgan fingerprint density at radius 2 is 1.61 bits per heavy atom. The van der Waals surface area contributed by atoms with Gasteiger partial charge in [-0.25, -0.2) is 0 Å². The van der Waals surface area contributed by atoms with Gasteiger partial charge in [0.1, 0.15) is 17.6 Å². The van der Waals surface area contributed by atoms with Crippen molar-refractivity contribution in [2.45, 2.75) is 32.4 Å². The summed E-state index contributed by atoms with van der Waals surface area (Å²) in [5, 5.41) is 8.89. The number of amides is 1. The molecule has 0 spiro atoms. The van der Waals surface area contributed by atoms with Gasteiger partial charge >= 0.3 is 0 Å². The summed E-state index contributed by atoms with van der Waals surface area (Å²) in [6.07, 6.45) is 2.22. The smallest absolute Gasteiger partial charge is 0.246 e. The van der Waals surface area contributed by atoms with E-state index >= 15 is 0 Å². The molecule has 0 saturated carbocycles. The topological polar surface area (TPSA) is 57.5 Å². The van der Waals surface area contributed by atoms with Crippen molar-refractivity contribution >= 4 is 22.6 Å². The number of aromatic nitrogens is 3. The molecule has 5 rings (SSSR count). The number of aryl methyl sites for hydroxylation is 1. The lowest BCUT2D eigenvalue weighted by Crippen LogP contribution is -2.56. The standard InChI is InChI=1S/C24H30N6O/c1-19-7-2-5-11-23(19)28-15-13-27(14-16-28)20-8-6-12-29(17-20)24(31)18-30-25-21-9-3-4-10-22(21)26-30/h2-5,7,9-11,20H,6,8,12-18H2,1H3/t20-/m1/s1. The first-order valence-electron chi connectivity index (χ1n) is 11.3. The van der Waals surface area contributed by atoms with Crippen LogP contribution in [0.15, 0.2) is 48.5 Å². The van der Waals surface area contributed by atoms with Crippen molar-refractivity contribution in [1.29, 1.82) is 0 Å². The molecule has 2 fully saturated rings. The summed E-state index contributed by atoms with van der Waals surface area (Å²) in [5.74, 6) is 0.114. The minimum absolute atomic E-state index is 0.114. The van der Waals surface area contributed by atoms with Crippen molar-refractivity contribution in [3.63, 3.8) is 0 Å². The van der Waals surface area contributed by atoms with E-state index in [0.29, 0.717) is 6.04 Å². The van der Waals surface area contributed by atoms with E-state index in [-0.39, 0.29) is 12.5 Å². The summed E-state index contributed by atoms with van der Waals surface area (Å²) in [5.41, 5.74) is 4.35. The van der Waals surface area contributed by atoms with Gasteiger partial charge in [0.05, 0.1) is 0 Å². The average Bonchev–Trinajstić information content (AvgIpc) is 3.22. The molecular formula is C24H30N6O. The van der Waals surface area contributed by atoms with E-state index in [1.165, 1.54) is 16.0 Å². The van der Waals surface area contributed by atoms with Crippen LogP contribution in [-0.4, -0.2) is 76.0 Å². The van der Waals surface area contributed by atoms with Gasteiger partial charge in [-0.3, -0.25) is 9.69 Å². The number of hydrogen-bond donors (Lipinski definition) is 0. The Balaban J connectivity index is 1.18. The molecule has 3 heterocycles. The zero-order valence-corrected chi connectivity index (χ0v) is 18.2. The summed E-state index contributed by atoms with van der Waals surface area (Å²) in [6, 6.07) is 16.8. The monoisotopic (exact) mass is 418 g/mol. The van der Waals surface area contributed by atoms with E-state index in [4.69, 9.17) is 0 Å². The van der Waals surface area contributed by atoms with Gasteiger partial charge in [0, 0.05) is 51.0 Å². The Kier molecular flexibility index (Phi) is 5.59. The molecule has 0 unspecified atom stereocenters. The largest absolute Gasteiger partial charge is 0.369 e. The lowest BCUT2D eigenvalue weighted by atomic mass is 10.0. The molecule has 1 amide bonds. The first-order chi connectivity index (χ1) is 15.2. The highest BCUT2D eigenvalue weighted by atomic mass is 16.2. The fourth-order valence-electron chi connectivity index (χ4n) is 4.92. The third kappa shape index (κ3) is 4.28. The predicted octanol–water partition coefficient (Wildman–Crippen LogP) is 2.55. The molecule has 162 valence electrons. The second-order valence-corrected chi connectivity index (χ2v) is 8.66. The van der Waals surface area contributed by atoms with Crippen LogP contribution in [-0.2, 0) is 11.3 Å². The average molecular weight is 419 g/mol. The number of hydrogen-bond acceptors (Lipinski definition) is 5. The molecule has 1 aromatic heterocycles. The number of benzene rings is 2. The van der Waals surface area contributed by atoms with E-state index in [1.54, 1.807) is 0 Å². The number of anilines is 1. The fourth-order valence-corrected chi connectivity index (χ4v) is 4.92. The zero-order chi connectivity index (χ0) is 21.2. The molecule has 2 aliphatic rings. The Morgan fingerprint density at radius 3 is 2.32 bits per heavy atom. The van der Waals surface area contributed by atoms with Gasteiger partial charge in [-0.1, -0.05) is 30.3 Å². The molecule has 0 bridgehead atoms. The van der Waals surface area contributed by atoms with Crippen molar-refractivity contribution in [1.82, 2.24) is 24.8 Å². The summed E-state index contributed by atoms with van der Waals surface area (Å²) in [7, 11) is 0. The highest BCUT2D eigenvalue weighted by Crippen LogP contribution is 2.23. The maximum Gasteiger partial charge on any atom is 0.246 e. The molecule has 7 nitrogen and oxygen atoms in total. The fraction of sp³-hybridized carbons (Fsp3) is 0.458. The minimum Gasteiger partial charge on any atom is -0.369 e. The summed E-state index contributed by atoms with van der Waals surface area (Å²) in [4.78, 5) is 21.6. The Labute approximate surface area is 183 Å². The number of carbonyl (C=O) groups is 1. The number of rotatable bonds is 4. The first kappa shape index (κ1) is 20.0. The number of piperazine rings is 1. The molecule has 2 saturated heterocycles. The zero-order valence-electron chi connectivity index (χ0n) is 18.2. The highest BCUT2D eigenvalue weighted by molar-refractivity contribution is 5.77. The van der Waals surface area contributed by atoms with Crippen LogP contribution in [0, 0.1) is 6.92 Å². The van der Waals surface area contributed by atoms with Crippen molar-refractivity contribution < 1.29 is 4.79 Å². The van der Waals surface area contributed by atoms with Crippen LogP contribution in [0.3, 0.4) is 0 Å². The van der Waals surface area contributed by atoms with Crippen molar-refractivity contribution in [2.24, 2.45) is 0 Å². The summed E-state index contributed by atoms with van der Waals surface area (Å²) < 4.78 is 0. The number of likely N-dealkylation sites (tertiary alicyclic amines) is 1. The molecule has 0 N–H and O–H groups in total. The van der Waals surface area contributed by atoms with Gasteiger partial charge in [-0.2, -0.15) is 15.0 Å². The van der Waals surface area contributed by atoms with Gasteiger partial charge in [0.2, 0.25) is 5.91 Å². The first-order valence-corrected chi connectivity index (χ1v) is 11.3. The van der Waals surface area contributed by atoms with Crippen LogP contribution in [0.4, 0.5) is 5.69 Å². The SMILES string of the molecule is Cc1ccccc1N1CCN([C@@H]2CCCN(C(=O)Cn3nc4ccccc4n3)C2)CC1. The van der Waals surface area contributed by atoms with Crippen LogP contribution in [0.5, 0.6) is 0 Å². The van der Waals surface area contributed by atoms with Gasteiger partial charge in [0.25, 0.3) is 0 Å².